The van der Waals surface area contributed by atoms with Crippen molar-refractivity contribution >= 4 is 10.9 Å². The topological polar surface area (TPSA) is 43.9 Å². The number of nitrogens with zero attached hydrogens (tertiary/aromatic N) is 3. The first-order valence-corrected chi connectivity index (χ1v) is 8.63. The predicted molar refractivity (Wildman–Crippen MR) is 94.0 cm³/mol. The molecule has 0 fully saturated rings. The van der Waals surface area contributed by atoms with Crippen LogP contribution in [-0.4, -0.2) is 14.8 Å². The van der Waals surface area contributed by atoms with Gasteiger partial charge >= 0.3 is 6.18 Å². The Bertz CT molecular complexity index is 1140. The second kappa shape index (κ2) is 5.70. The standard InChI is InChI=1S/C20H14F3N3O/c21-20(22,23)14-8-6-13(7-9-14)18-24-25-19(27-18)16-11-26-10-2-4-12-3-1-5-15(16)17(12)26/h1,3,5-9,11H,2,4,10H2. The van der Waals surface area contributed by atoms with Gasteiger partial charge in [-0.25, -0.2) is 0 Å². The van der Waals surface area contributed by atoms with Crippen molar-refractivity contribution in [2.24, 2.45) is 0 Å². The van der Waals surface area contributed by atoms with E-state index in [4.69, 9.17) is 4.42 Å². The fourth-order valence-corrected chi connectivity index (χ4v) is 3.68. The van der Waals surface area contributed by atoms with Crippen LogP contribution in [0.25, 0.3) is 33.8 Å². The number of aromatic nitrogens is 3. The first-order valence-electron chi connectivity index (χ1n) is 8.63. The zero-order valence-electron chi connectivity index (χ0n) is 14.1. The summed E-state index contributed by atoms with van der Waals surface area (Å²) in [5.41, 5.74) is 3.08. The molecule has 4 aromatic rings. The van der Waals surface area contributed by atoms with Crippen molar-refractivity contribution in [3.8, 4) is 22.9 Å². The minimum absolute atomic E-state index is 0.200. The van der Waals surface area contributed by atoms with E-state index >= 15 is 0 Å². The Balaban J connectivity index is 1.55. The number of alkyl halides is 3. The second-order valence-electron chi connectivity index (χ2n) is 6.64. The smallest absolute Gasteiger partial charge is 0.416 e. The summed E-state index contributed by atoms with van der Waals surface area (Å²) < 4.78 is 46.1. The molecule has 0 unspecified atom stereocenters. The van der Waals surface area contributed by atoms with Crippen LogP contribution in [-0.2, 0) is 19.1 Å². The molecule has 1 aliphatic rings. The van der Waals surface area contributed by atoms with Crippen molar-refractivity contribution < 1.29 is 17.6 Å². The average molecular weight is 369 g/mol. The molecule has 136 valence electrons. The Hall–Kier alpha value is -3.09. The van der Waals surface area contributed by atoms with E-state index in [1.807, 2.05) is 18.3 Å². The maximum atomic E-state index is 12.7. The van der Waals surface area contributed by atoms with Crippen LogP contribution in [0.3, 0.4) is 0 Å². The van der Waals surface area contributed by atoms with Crippen molar-refractivity contribution in [3.63, 3.8) is 0 Å². The molecule has 5 rings (SSSR count). The molecule has 1 aliphatic heterocycles. The number of halogens is 3. The molecule has 0 N–H and O–H groups in total. The van der Waals surface area contributed by atoms with E-state index < -0.39 is 11.7 Å². The van der Waals surface area contributed by atoms with Crippen LogP contribution in [0.2, 0.25) is 0 Å². The number of hydrogen-bond donors (Lipinski definition) is 0. The van der Waals surface area contributed by atoms with Crippen molar-refractivity contribution in [1.82, 2.24) is 14.8 Å². The molecule has 2 aromatic carbocycles. The highest BCUT2D eigenvalue weighted by Gasteiger charge is 2.30. The number of hydrogen-bond acceptors (Lipinski definition) is 3. The Morgan fingerprint density at radius 3 is 2.52 bits per heavy atom. The first-order chi connectivity index (χ1) is 13.0. The van der Waals surface area contributed by atoms with Gasteiger partial charge in [-0.2, -0.15) is 13.2 Å². The molecule has 0 radical (unpaired) electrons. The highest BCUT2D eigenvalue weighted by molar-refractivity contribution is 5.96. The minimum atomic E-state index is -4.37. The van der Waals surface area contributed by atoms with Gasteiger partial charge < -0.3 is 8.98 Å². The maximum Gasteiger partial charge on any atom is 0.416 e. The average Bonchev–Trinajstić information content (AvgIpc) is 3.28. The van der Waals surface area contributed by atoms with Gasteiger partial charge in [0.05, 0.1) is 16.6 Å². The van der Waals surface area contributed by atoms with E-state index in [2.05, 4.69) is 20.8 Å². The first kappa shape index (κ1) is 16.1. The van der Waals surface area contributed by atoms with Crippen LogP contribution in [0.4, 0.5) is 13.2 Å². The Labute approximate surface area is 152 Å². The van der Waals surface area contributed by atoms with Crippen LogP contribution < -0.4 is 0 Å². The molecule has 3 heterocycles. The molecule has 0 saturated carbocycles. The van der Waals surface area contributed by atoms with Crippen molar-refractivity contribution in [3.05, 3.63) is 59.8 Å². The fourth-order valence-electron chi connectivity index (χ4n) is 3.68. The van der Waals surface area contributed by atoms with E-state index in [0.717, 1.165) is 42.5 Å². The SMILES string of the molecule is FC(F)(F)c1ccc(-c2nnc(-c3cn4c5c(cccc35)CCC4)o2)cc1. The zero-order chi connectivity index (χ0) is 18.6. The van der Waals surface area contributed by atoms with Crippen LogP contribution in [0.15, 0.2) is 53.1 Å². The van der Waals surface area contributed by atoms with Gasteiger partial charge in [-0.15, -0.1) is 10.2 Å². The lowest BCUT2D eigenvalue weighted by Crippen LogP contribution is -2.05. The maximum absolute atomic E-state index is 12.7. The Morgan fingerprint density at radius 1 is 0.963 bits per heavy atom. The summed E-state index contributed by atoms with van der Waals surface area (Å²) in [5, 5.41) is 9.21. The summed E-state index contributed by atoms with van der Waals surface area (Å²) in [6.45, 7) is 0.938. The molecule has 0 atom stereocenters. The molecule has 0 saturated heterocycles. The number of benzene rings is 2. The van der Waals surface area contributed by atoms with Crippen LogP contribution in [0.1, 0.15) is 17.5 Å². The molecular weight excluding hydrogens is 355 g/mol. The van der Waals surface area contributed by atoms with Gasteiger partial charge in [0.1, 0.15) is 0 Å². The van der Waals surface area contributed by atoms with Gasteiger partial charge in [0, 0.05) is 23.7 Å². The molecule has 4 nitrogen and oxygen atoms in total. The highest BCUT2D eigenvalue weighted by Crippen LogP contribution is 2.36. The molecule has 0 bridgehead atoms. The molecule has 7 heteroatoms. The van der Waals surface area contributed by atoms with Crippen molar-refractivity contribution in [2.45, 2.75) is 25.6 Å². The fraction of sp³-hybridized carbons (Fsp3) is 0.200. The van der Waals surface area contributed by atoms with E-state index in [9.17, 15) is 13.2 Å². The van der Waals surface area contributed by atoms with Crippen LogP contribution in [0.5, 0.6) is 0 Å². The van der Waals surface area contributed by atoms with Gasteiger partial charge in [0.15, 0.2) is 0 Å². The molecule has 27 heavy (non-hydrogen) atoms. The number of aryl methyl sites for hydroxylation is 2. The van der Waals surface area contributed by atoms with Gasteiger partial charge in [-0.3, -0.25) is 0 Å². The van der Waals surface area contributed by atoms with Gasteiger partial charge in [-0.1, -0.05) is 18.2 Å². The largest absolute Gasteiger partial charge is 0.416 e. The highest BCUT2D eigenvalue weighted by atomic mass is 19.4. The summed E-state index contributed by atoms with van der Waals surface area (Å²) >= 11 is 0. The third-order valence-electron chi connectivity index (χ3n) is 4.94. The van der Waals surface area contributed by atoms with Gasteiger partial charge in [-0.05, 0) is 42.7 Å². The van der Waals surface area contributed by atoms with E-state index in [1.165, 1.54) is 23.2 Å². The third kappa shape index (κ3) is 2.61. The van der Waals surface area contributed by atoms with Crippen LogP contribution >= 0.6 is 0 Å². The van der Waals surface area contributed by atoms with Crippen molar-refractivity contribution in [1.29, 1.82) is 0 Å². The lowest BCUT2D eigenvalue weighted by Gasteiger charge is -2.14. The van der Waals surface area contributed by atoms with Crippen molar-refractivity contribution in [2.75, 3.05) is 0 Å². The second-order valence-corrected chi connectivity index (χ2v) is 6.64. The molecule has 0 spiro atoms. The van der Waals surface area contributed by atoms with Gasteiger partial charge in [0.25, 0.3) is 0 Å². The third-order valence-corrected chi connectivity index (χ3v) is 4.94. The van der Waals surface area contributed by atoms with Gasteiger partial charge in [0.2, 0.25) is 11.8 Å². The molecule has 2 aromatic heterocycles. The number of rotatable bonds is 2. The quantitative estimate of drug-likeness (QED) is 0.480. The minimum Gasteiger partial charge on any atom is -0.416 e. The zero-order valence-corrected chi connectivity index (χ0v) is 14.1. The molecular formula is C20H14F3N3O. The summed E-state index contributed by atoms with van der Waals surface area (Å²) in [6.07, 6.45) is -0.232. The summed E-state index contributed by atoms with van der Waals surface area (Å²) in [5.74, 6) is 0.568. The van der Waals surface area contributed by atoms with E-state index in [-0.39, 0.29) is 5.89 Å². The van der Waals surface area contributed by atoms with E-state index in [0.29, 0.717) is 11.5 Å². The lowest BCUT2D eigenvalue weighted by molar-refractivity contribution is -0.137. The Morgan fingerprint density at radius 2 is 1.74 bits per heavy atom. The molecule has 0 aliphatic carbocycles. The Kier molecular flexibility index (Phi) is 3.40. The summed E-state index contributed by atoms with van der Waals surface area (Å²) in [6, 6.07) is 10.9. The monoisotopic (exact) mass is 369 g/mol. The molecule has 0 amide bonds. The normalized spacial score (nSPS) is 14.0. The lowest BCUT2D eigenvalue weighted by atomic mass is 10.0. The summed E-state index contributed by atoms with van der Waals surface area (Å²) in [4.78, 5) is 0. The predicted octanol–water partition coefficient (Wildman–Crippen LogP) is 5.32. The number of para-hydroxylation sites is 1. The van der Waals surface area contributed by atoms with E-state index in [1.54, 1.807) is 0 Å². The summed E-state index contributed by atoms with van der Waals surface area (Å²) in [7, 11) is 0. The van der Waals surface area contributed by atoms with Crippen LogP contribution in [0, 0.1) is 0 Å².